The minimum Gasteiger partial charge on any atom is -0.370 e. The molecule has 0 N–H and O–H groups in total. The second-order valence-corrected chi connectivity index (χ2v) is 6.40. The summed E-state index contributed by atoms with van der Waals surface area (Å²) in [6.07, 6.45) is 0.208. The van der Waals surface area contributed by atoms with Gasteiger partial charge in [0.15, 0.2) is 5.78 Å². The summed E-state index contributed by atoms with van der Waals surface area (Å²) in [5, 5.41) is 0.854. The highest BCUT2D eigenvalue weighted by Gasteiger charge is 2.18. The molecule has 1 aromatic carbocycles. The summed E-state index contributed by atoms with van der Waals surface area (Å²) < 4.78 is 5.61. The molecule has 0 spiro atoms. The largest absolute Gasteiger partial charge is 0.370 e. The molecule has 1 unspecified atom stereocenters. The molecule has 1 atom stereocenters. The molecular weight excluding hydrogens is 329 g/mol. The van der Waals surface area contributed by atoms with Gasteiger partial charge in [-0.3, -0.25) is 4.79 Å². The zero-order valence-corrected chi connectivity index (χ0v) is 14.1. The number of nitrogens with zero attached hydrogens (tertiary/aromatic N) is 1. The summed E-state index contributed by atoms with van der Waals surface area (Å²) in [5.41, 5.74) is 3.26. The molecule has 0 aliphatic rings. The zero-order valence-electron chi connectivity index (χ0n) is 11.7. The van der Waals surface area contributed by atoms with Crippen LogP contribution in [0.1, 0.15) is 27.9 Å². The summed E-state index contributed by atoms with van der Waals surface area (Å²) >= 11 is 13.5. The fraction of sp³-hybridized carbons (Fsp3) is 0.333. The lowest BCUT2D eigenvalue weighted by atomic mass is 10.1. The molecule has 2 aromatic rings. The summed E-state index contributed by atoms with van der Waals surface area (Å²) in [7, 11) is 0. The van der Waals surface area contributed by atoms with E-state index in [2.05, 4.69) is 4.98 Å². The fourth-order valence-electron chi connectivity index (χ4n) is 1.88. The molecule has 1 heterocycles. The number of halogens is 2. The molecule has 0 aliphatic heterocycles. The Kier molecular flexibility index (Phi) is 5.76. The van der Waals surface area contributed by atoms with Crippen molar-refractivity contribution in [2.24, 2.45) is 0 Å². The van der Waals surface area contributed by atoms with Crippen LogP contribution in [0.25, 0.3) is 0 Å². The van der Waals surface area contributed by atoms with Gasteiger partial charge in [0.05, 0.1) is 22.8 Å². The van der Waals surface area contributed by atoms with Gasteiger partial charge in [-0.15, -0.1) is 11.3 Å². The number of carbonyl (C=O) groups is 1. The van der Waals surface area contributed by atoms with E-state index in [1.54, 1.807) is 36.5 Å². The summed E-state index contributed by atoms with van der Waals surface area (Å²) in [5.74, 6) is -0.141. The first-order valence-corrected chi connectivity index (χ1v) is 8.12. The molecule has 6 heteroatoms. The summed E-state index contributed by atoms with van der Waals surface area (Å²) in [4.78, 5) is 17.6. The number of hydrogen-bond donors (Lipinski definition) is 0. The number of ether oxygens (including phenoxy) is 1. The second-order valence-electron chi connectivity index (χ2n) is 4.61. The summed E-state index contributed by atoms with van der Waals surface area (Å²) in [6, 6.07) is 4.83. The topological polar surface area (TPSA) is 39.2 Å². The van der Waals surface area contributed by atoms with E-state index in [1.165, 1.54) is 4.88 Å². The van der Waals surface area contributed by atoms with Crippen molar-refractivity contribution in [3.05, 3.63) is 49.9 Å². The number of ketones is 1. The average Bonchev–Trinajstić information content (AvgIpc) is 2.83. The highest BCUT2D eigenvalue weighted by Crippen LogP contribution is 2.23. The van der Waals surface area contributed by atoms with E-state index in [0.29, 0.717) is 22.2 Å². The maximum atomic E-state index is 12.3. The third-order valence-corrected chi connectivity index (χ3v) is 4.65. The van der Waals surface area contributed by atoms with Crippen molar-refractivity contribution in [1.82, 2.24) is 4.98 Å². The van der Waals surface area contributed by atoms with Crippen LogP contribution in [-0.4, -0.2) is 23.5 Å². The molecule has 0 saturated heterocycles. The van der Waals surface area contributed by atoms with Gasteiger partial charge in [-0.05, 0) is 32.0 Å². The molecule has 0 fully saturated rings. The van der Waals surface area contributed by atoms with E-state index < -0.39 is 6.10 Å². The Hall–Kier alpha value is -0.940. The van der Waals surface area contributed by atoms with E-state index in [9.17, 15) is 4.79 Å². The monoisotopic (exact) mass is 343 g/mol. The Morgan fingerprint density at radius 2 is 2.19 bits per heavy atom. The van der Waals surface area contributed by atoms with Gasteiger partial charge < -0.3 is 4.74 Å². The van der Waals surface area contributed by atoms with E-state index >= 15 is 0 Å². The van der Waals surface area contributed by atoms with Gasteiger partial charge in [-0.25, -0.2) is 4.98 Å². The molecule has 0 saturated carbocycles. The second kappa shape index (κ2) is 7.36. The van der Waals surface area contributed by atoms with E-state index in [-0.39, 0.29) is 5.78 Å². The fourth-order valence-corrected chi connectivity index (χ4v) is 3.14. The van der Waals surface area contributed by atoms with Crippen molar-refractivity contribution < 1.29 is 9.53 Å². The van der Waals surface area contributed by atoms with Gasteiger partial charge in [0, 0.05) is 21.9 Å². The molecule has 0 amide bonds. The van der Waals surface area contributed by atoms with Crippen LogP contribution in [0.2, 0.25) is 10.0 Å². The SMILES string of the molecule is Cc1ncsc1CCOC(C)C(=O)c1ccc(Cl)cc1Cl. The lowest BCUT2D eigenvalue weighted by molar-refractivity contribution is 0.0488. The lowest BCUT2D eigenvalue weighted by Gasteiger charge is -2.13. The molecule has 0 aliphatic carbocycles. The first kappa shape index (κ1) is 16.4. The number of carbonyl (C=O) groups excluding carboxylic acids is 1. The van der Waals surface area contributed by atoms with E-state index in [0.717, 1.165) is 12.1 Å². The van der Waals surface area contributed by atoms with Gasteiger partial charge in [-0.2, -0.15) is 0 Å². The van der Waals surface area contributed by atoms with Crippen LogP contribution in [-0.2, 0) is 11.2 Å². The minimum absolute atomic E-state index is 0.141. The van der Waals surface area contributed by atoms with Crippen molar-refractivity contribution in [1.29, 1.82) is 0 Å². The van der Waals surface area contributed by atoms with Gasteiger partial charge in [0.25, 0.3) is 0 Å². The normalized spacial score (nSPS) is 12.4. The van der Waals surface area contributed by atoms with Crippen LogP contribution in [0.5, 0.6) is 0 Å². The van der Waals surface area contributed by atoms with Crippen molar-refractivity contribution in [3.63, 3.8) is 0 Å². The van der Waals surface area contributed by atoms with Crippen LogP contribution in [0.3, 0.4) is 0 Å². The Morgan fingerprint density at radius 3 is 2.81 bits per heavy atom. The summed E-state index contributed by atoms with van der Waals surface area (Å²) in [6.45, 7) is 4.17. The highest BCUT2D eigenvalue weighted by molar-refractivity contribution is 7.09. The van der Waals surface area contributed by atoms with Gasteiger partial charge in [0.2, 0.25) is 0 Å². The first-order chi connectivity index (χ1) is 9.99. The zero-order chi connectivity index (χ0) is 15.4. The van der Waals surface area contributed by atoms with Crippen molar-refractivity contribution in [3.8, 4) is 0 Å². The predicted molar refractivity (Wildman–Crippen MR) is 86.8 cm³/mol. The maximum absolute atomic E-state index is 12.3. The van der Waals surface area contributed by atoms with Crippen LogP contribution >= 0.6 is 34.5 Å². The number of aryl methyl sites for hydroxylation is 1. The van der Waals surface area contributed by atoms with Crippen LogP contribution < -0.4 is 0 Å². The molecule has 0 bridgehead atoms. The highest BCUT2D eigenvalue weighted by atomic mass is 35.5. The smallest absolute Gasteiger partial charge is 0.192 e. The van der Waals surface area contributed by atoms with Crippen LogP contribution in [0, 0.1) is 6.92 Å². The Morgan fingerprint density at radius 1 is 1.43 bits per heavy atom. The first-order valence-electron chi connectivity index (χ1n) is 6.49. The molecule has 112 valence electrons. The van der Waals surface area contributed by atoms with E-state index in [4.69, 9.17) is 27.9 Å². The number of Topliss-reactive ketones (excluding diaryl/α,β-unsaturated/α-hetero) is 1. The Bertz CT molecular complexity index is 642. The van der Waals surface area contributed by atoms with Crippen LogP contribution in [0.4, 0.5) is 0 Å². The van der Waals surface area contributed by atoms with Gasteiger partial charge >= 0.3 is 0 Å². The minimum atomic E-state index is -0.545. The molecule has 2 rings (SSSR count). The maximum Gasteiger partial charge on any atom is 0.192 e. The lowest BCUT2D eigenvalue weighted by Crippen LogP contribution is -2.22. The molecule has 21 heavy (non-hydrogen) atoms. The number of aromatic nitrogens is 1. The Balaban J connectivity index is 1.92. The van der Waals surface area contributed by atoms with Crippen molar-refractivity contribution in [2.45, 2.75) is 26.4 Å². The standard InChI is InChI=1S/C15H15Cl2NO2S/c1-9-14(21-8-18-9)5-6-20-10(2)15(19)12-4-3-11(16)7-13(12)17/h3-4,7-8,10H,5-6H2,1-2H3. The third kappa shape index (κ3) is 4.27. The molecule has 3 nitrogen and oxygen atoms in total. The number of thiazole rings is 1. The quantitative estimate of drug-likeness (QED) is 0.720. The Labute approximate surface area is 137 Å². The van der Waals surface area contributed by atoms with E-state index in [1.807, 2.05) is 12.4 Å². The van der Waals surface area contributed by atoms with Crippen molar-refractivity contribution >= 4 is 40.3 Å². The molecule has 0 radical (unpaired) electrons. The third-order valence-electron chi connectivity index (χ3n) is 3.11. The van der Waals surface area contributed by atoms with Crippen molar-refractivity contribution in [2.75, 3.05) is 6.61 Å². The number of hydrogen-bond acceptors (Lipinski definition) is 4. The molecular formula is C15H15Cl2NO2S. The predicted octanol–water partition coefficient (Wildman–Crippen LogP) is 4.59. The van der Waals surface area contributed by atoms with Gasteiger partial charge in [-0.1, -0.05) is 23.2 Å². The average molecular weight is 344 g/mol. The van der Waals surface area contributed by atoms with Crippen LogP contribution in [0.15, 0.2) is 23.7 Å². The number of rotatable bonds is 6. The van der Waals surface area contributed by atoms with Gasteiger partial charge in [0.1, 0.15) is 6.10 Å². The number of benzene rings is 1. The molecule has 1 aromatic heterocycles.